The average Bonchev–Trinajstić information content (AvgIpc) is 3.03. The second-order valence-electron chi connectivity index (χ2n) is 5.28. The zero-order valence-corrected chi connectivity index (χ0v) is 15.4. The van der Waals surface area contributed by atoms with Crippen LogP contribution in [0.2, 0.25) is 10.0 Å². The van der Waals surface area contributed by atoms with Gasteiger partial charge in [-0.15, -0.1) is 16.2 Å². The molecule has 1 heterocycles. The predicted molar refractivity (Wildman–Crippen MR) is 105 cm³/mol. The average molecular weight is 408 g/mol. The van der Waals surface area contributed by atoms with Gasteiger partial charge in [-0.3, -0.25) is 10.1 Å². The number of halogens is 2. The van der Waals surface area contributed by atoms with Crippen molar-refractivity contribution >= 4 is 51.6 Å². The number of anilines is 2. The van der Waals surface area contributed by atoms with Gasteiger partial charge in [-0.1, -0.05) is 46.6 Å². The van der Waals surface area contributed by atoms with Crippen molar-refractivity contribution in [1.82, 2.24) is 0 Å². The van der Waals surface area contributed by atoms with Crippen LogP contribution in [-0.2, 0) is 0 Å². The van der Waals surface area contributed by atoms with E-state index >= 15 is 0 Å². The molecule has 0 spiro atoms. The lowest BCUT2D eigenvalue weighted by Gasteiger charge is -2.13. The summed E-state index contributed by atoms with van der Waals surface area (Å²) in [6.07, 6.45) is 0. The van der Waals surface area contributed by atoms with Crippen molar-refractivity contribution in [3.05, 3.63) is 89.4 Å². The van der Waals surface area contributed by atoms with Gasteiger partial charge >= 0.3 is 0 Å². The summed E-state index contributed by atoms with van der Waals surface area (Å²) in [5.74, 6) is 0. The molecule has 132 valence electrons. The van der Waals surface area contributed by atoms with Crippen molar-refractivity contribution in [2.45, 2.75) is 6.04 Å². The molecule has 0 saturated heterocycles. The molecule has 2 aromatic carbocycles. The molecule has 0 fully saturated rings. The number of hydrogen-bond donors (Lipinski definition) is 1. The summed E-state index contributed by atoms with van der Waals surface area (Å²) < 4.78 is 0. The van der Waals surface area contributed by atoms with Crippen molar-refractivity contribution in [2.75, 3.05) is 5.32 Å². The van der Waals surface area contributed by atoms with Gasteiger partial charge < -0.3 is 5.32 Å². The van der Waals surface area contributed by atoms with Crippen LogP contribution in [0.4, 0.5) is 17.1 Å². The normalized spacial score (nSPS) is 11.8. The van der Waals surface area contributed by atoms with Gasteiger partial charge in [0, 0.05) is 22.3 Å². The van der Waals surface area contributed by atoms with E-state index < -0.39 is 11.0 Å². The minimum absolute atomic E-state index is 0.0505. The largest absolute Gasteiger partial charge is 0.350 e. The van der Waals surface area contributed by atoms with Crippen LogP contribution in [-0.4, -0.2) is 4.92 Å². The second kappa shape index (κ2) is 7.82. The van der Waals surface area contributed by atoms with Gasteiger partial charge in [0.2, 0.25) is 0 Å². The summed E-state index contributed by atoms with van der Waals surface area (Å²) >= 11 is 13.7. The Morgan fingerprint density at radius 2 is 1.88 bits per heavy atom. The van der Waals surface area contributed by atoms with Crippen molar-refractivity contribution < 1.29 is 4.92 Å². The van der Waals surface area contributed by atoms with E-state index in [0.29, 0.717) is 31.9 Å². The third-order valence-electron chi connectivity index (χ3n) is 3.67. The number of nitro benzene ring substituents is 1. The van der Waals surface area contributed by atoms with Gasteiger partial charge in [0.05, 0.1) is 14.8 Å². The van der Waals surface area contributed by atoms with E-state index in [0.717, 1.165) is 0 Å². The molecule has 26 heavy (non-hydrogen) atoms. The quantitative estimate of drug-likeness (QED) is 0.284. The molecule has 0 amide bonds. The molecule has 3 rings (SSSR count). The van der Waals surface area contributed by atoms with Gasteiger partial charge in [-0.05, 0) is 29.6 Å². The molecule has 0 aliphatic heterocycles. The summed E-state index contributed by atoms with van der Waals surface area (Å²) in [7, 11) is 0. The van der Waals surface area contributed by atoms with Crippen LogP contribution in [0.3, 0.4) is 0 Å². The third-order valence-corrected chi connectivity index (χ3v) is 5.41. The first-order chi connectivity index (χ1) is 12.5. The predicted octanol–water partition coefficient (Wildman–Crippen LogP) is 6.56. The van der Waals surface area contributed by atoms with Crippen LogP contribution < -0.4 is 5.32 Å². The summed E-state index contributed by atoms with van der Waals surface area (Å²) in [4.78, 5) is 22.6. The Kier molecular flexibility index (Phi) is 5.51. The van der Waals surface area contributed by atoms with Gasteiger partial charge in [0.15, 0.2) is 6.04 Å². The molecule has 0 radical (unpaired) electrons. The fraction of sp³-hybridized carbons (Fsp3) is 0.0588. The molecule has 0 bridgehead atoms. The molecule has 1 N–H and O–H groups in total. The van der Waals surface area contributed by atoms with Crippen molar-refractivity contribution in [3.8, 4) is 0 Å². The maximum absolute atomic E-state index is 11.4. The number of benzene rings is 2. The highest BCUT2D eigenvalue weighted by Gasteiger charge is 2.22. The topological polar surface area (TPSA) is 84.6 Å². The van der Waals surface area contributed by atoms with Crippen molar-refractivity contribution in [2.24, 2.45) is 5.18 Å². The number of nitro groups is 1. The van der Waals surface area contributed by atoms with Crippen LogP contribution in [0, 0.1) is 15.0 Å². The molecule has 6 nitrogen and oxygen atoms in total. The Morgan fingerprint density at radius 3 is 2.50 bits per heavy atom. The lowest BCUT2D eigenvalue weighted by molar-refractivity contribution is -0.383. The number of thiophene rings is 1. The first kappa shape index (κ1) is 18.3. The van der Waals surface area contributed by atoms with E-state index in [9.17, 15) is 15.0 Å². The van der Waals surface area contributed by atoms with Crippen molar-refractivity contribution in [1.29, 1.82) is 0 Å². The summed E-state index contributed by atoms with van der Waals surface area (Å²) in [5, 5.41) is 19.8. The summed E-state index contributed by atoms with van der Waals surface area (Å²) in [6.45, 7) is 0. The minimum Gasteiger partial charge on any atom is -0.350 e. The highest BCUT2D eigenvalue weighted by atomic mass is 35.5. The monoisotopic (exact) mass is 407 g/mol. The van der Waals surface area contributed by atoms with E-state index in [-0.39, 0.29) is 5.69 Å². The minimum atomic E-state index is -0.810. The van der Waals surface area contributed by atoms with E-state index in [1.165, 1.54) is 17.4 Å². The first-order valence-electron chi connectivity index (χ1n) is 7.36. The molecule has 0 saturated carbocycles. The van der Waals surface area contributed by atoms with Crippen LogP contribution in [0.1, 0.15) is 16.5 Å². The highest BCUT2D eigenvalue weighted by molar-refractivity contribution is 7.10. The zero-order chi connectivity index (χ0) is 18.7. The molecule has 9 heteroatoms. The maximum Gasteiger partial charge on any atom is 0.292 e. The van der Waals surface area contributed by atoms with Gasteiger partial charge in [-0.25, -0.2) is 0 Å². The molecule has 1 unspecified atom stereocenters. The number of nitrogens with one attached hydrogen (secondary N) is 1. The molecule has 3 aromatic rings. The summed E-state index contributed by atoms with van der Waals surface area (Å²) in [5.41, 5.74) is 1.35. The number of hydrogen-bond acceptors (Lipinski definition) is 6. The van der Waals surface area contributed by atoms with E-state index in [1.54, 1.807) is 47.8 Å². The first-order valence-corrected chi connectivity index (χ1v) is 9.00. The number of rotatable bonds is 6. The Morgan fingerprint density at radius 1 is 1.12 bits per heavy atom. The van der Waals surface area contributed by atoms with E-state index in [1.807, 2.05) is 0 Å². The van der Waals surface area contributed by atoms with Crippen molar-refractivity contribution in [3.63, 3.8) is 0 Å². The summed E-state index contributed by atoms with van der Waals surface area (Å²) in [6, 6.07) is 12.1. The fourth-order valence-corrected chi connectivity index (χ4v) is 3.96. The lowest BCUT2D eigenvalue weighted by Crippen LogP contribution is -1.99. The highest BCUT2D eigenvalue weighted by Crippen LogP contribution is 2.39. The molecule has 1 atom stereocenters. The Labute approximate surface area is 162 Å². The Hall–Kier alpha value is -2.48. The molecular formula is C17H11Cl2N3O3S. The maximum atomic E-state index is 11.4. The van der Waals surface area contributed by atoms with Gasteiger partial charge in [0.1, 0.15) is 5.69 Å². The Bertz CT molecular complexity index is 977. The molecular weight excluding hydrogens is 397 g/mol. The lowest BCUT2D eigenvalue weighted by atomic mass is 10.1. The van der Waals surface area contributed by atoms with Crippen LogP contribution in [0.15, 0.2) is 59.1 Å². The van der Waals surface area contributed by atoms with Crippen LogP contribution >= 0.6 is 34.5 Å². The molecule has 1 aromatic heterocycles. The number of nitroso groups, excluding NO2 is 1. The van der Waals surface area contributed by atoms with E-state index in [2.05, 4.69) is 10.5 Å². The second-order valence-corrected chi connectivity index (χ2v) is 7.04. The van der Waals surface area contributed by atoms with Gasteiger partial charge in [0.25, 0.3) is 5.69 Å². The Balaban J connectivity index is 1.92. The zero-order valence-electron chi connectivity index (χ0n) is 13.1. The van der Waals surface area contributed by atoms with Crippen LogP contribution in [0.5, 0.6) is 0 Å². The van der Waals surface area contributed by atoms with E-state index in [4.69, 9.17) is 23.2 Å². The van der Waals surface area contributed by atoms with Gasteiger partial charge in [-0.2, -0.15) is 0 Å². The number of para-hydroxylation sites is 2. The smallest absolute Gasteiger partial charge is 0.292 e. The fourth-order valence-electron chi connectivity index (χ4n) is 2.47. The SMILES string of the molecule is O=NC(c1ccc(Nc2ccccc2[N+](=O)[O-])cc1Cl)c1sccc1Cl. The standard InChI is InChI=1S/C17H11Cl2N3O3S/c18-12-7-8-26-17(12)16(21-23)11-6-5-10(9-13(11)19)20-14-3-1-2-4-15(14)22(24)25/h1-9,16,20H. The third kappa shape index (κ3) is 3.70. The molecule has 0 aliphatic rings. The number of nitrogens with zero attached hydrogens (tertiary/aromatic N) is 2. The molecule has 0 aliphatic carbocycles. The van der Waals surface area contributed by atoms with Crippen LogP contribution in [0.25, 0.3) is 0 Å².